The van der Waals surface area contributed by atoms with Crippen LogP contribution in [0.15, 0.2) is 59.5 Å². The van der Waals surface area contributed by atoms with Gasteiger partial charge in [-0.25, -0.2) is 9.78 Å². The average molecular weight is 320 g/mol. The maximum Gasteiger partial charge on any atom is 0.322 e. The second kappa shape index (κ2) is 5.81. The van der Waals surface area contributed by atoms with E-state index in [4.69, 9.17) is 0 Å². The molecule has 0 spiro atoms. The number of rotatable bonds is 1. The minimum atomic E-state index is -0.204. The second-order valence-electron chi connectivity index (χ2n) is 5.74. The molecule has 3 heterocycles. The Morgan fingerprint density at radius 1 is 1.08 bits per heavy atom. The molecule has 6 nitrogen and oxygen atoms in total. The van der Waals surface area contributed by atoms with Gasteiger partial charge in [-0.1, -0.05) is 24.3 Å². The molecule has 0 saturated carbocycles. The Kier molecular flexibility index (Phi) is 3.49. The number of fused-ring (bicyclic) bond motifs is 2. The molecule has 2 amide bonds. The number of hydrogen-bond donors (Lipinski definition) is 1. The van der Waals surface area contributed by atoms with Gasteiger partial charge in [0.2, 0.25) is 0 Å². The van der Waals surface area contributed by atoms with E-state index in [9.17, 15) is 9.59 Å². The number of aromatic nitrogens is 2. The molecule has 24 heavy (non-hydrogen) atoms. The van der Waals surface area contributed by atoms with Crippen molar-refractivity contribution in [3.8, 4) is 0 Å². The number of anilines is 1. The van der Waals surface area contributed by atoms with E-state index in [0.29, 0.717) is 24.2 Å². The van der Waals surface area contributed by atoms with Gasteiger partial charge in [0, 0.05) is 24.8 Å². The summed E-state index contributed by atoms with van der Waals surface area (Å²) < 4.78 is 1.53. The molecule has 0 atom stereocenters. The van der Waals surface area contributed by atoms with E-state index in [1.807, 2.05) is 42.5 Å². The molecule has 1 N–H and O–H groups in total. The lowest BCUT2D eigenvalue weighted by atomic mass is 10.1. The van der Waals surface area contributed by atoms with E-state index < -0.39 is 0 Å². The SMILES string of the molecule is O=C(Nc1ccccc1)N1CCc2nc3ccccn3c(=O)c2C1. The van der Waals surface area contributed by atoms with Crippen molar-refractivity contribution >= 4 is 17.4 Å². The summed E-state index contributed by atoms with van der Waals surface area (Å²) in [4.78, 5) is 31.3. The topological polar surface area (TPSA) is 66.7 Å². The van der Waals surface area contributed by atoms with Gasteiger partial charge in [-0.05, 0) is 24.3 Å². The Hall–Kier alpha value is -3.15. The minimum absolute atomic E-state index is 0.104. The molecule has 1 aliphatic heterocycles. The summed E-state index contributed by atoms with van der Waals surface area (Å²) in [7, 11) is 0. The van der Waals surface area contributed by atoms with E-state index in [1.165, 1.54) is 4.40 Å². The van der Waals surface area contributed by atoms with Crippen molar-refractivity contribution in [1.29, 1.82) is 0 Å². The van der Waals surface area contributed by atoms with Crippen LogP contribution in [0, 0.1) is 0 Å². The molecular weight excluding hydrogens is 304 g/mol. The van der Waals surface area contributed by atoms with Crippen LogP contribution in [0.3, 0.4) is 0 Å². The molecule has 3 aromatic rings. The molecule has 0 unspecified atom stereocenters. The molecule has 4 rings (SSSR count). The van der Waals surface area contributed by atoms with Crippen molar-refractivity contribution < 1.29 is 4.79 Å². The maximum atomic E-state index is 12.7. The number of hydrogen-bond acceptors (Lipinski definition) is 3. The molecule has 0 bridgehead atoms. The standard InChI is InChI=1S/C18H16N4O2/c23-17-14-12-21(18(24)19-13-6-2-1-3-7-13)11-9-15(14)20-16-8-4-5-10-22(16)17/h1-8,10H,9,11-12H2,(H,19,24). The van der Waals surface area contributed by atoms with Crippen molar-refractivity contribution in [1.82, 2.24) is 14.3 Å². The molecule has 120 valence electrons. The van der Waals surface area contributed by atoms with E-state index in [2.05, 4.69) is 10.3 Å². The predicted molar refractivity (Wildman–Crippen MR) is 91.0 cm³/mol. The number of nitrogens with zero attached hydrogens (tertiary/aromatic N) is 3. The van der Waals surface area contributed by atoms with Crippen LogP contribution in [-0.4, -0.2) is 26.9 Å². The third-order valence-corrected chi connectivity index (χ3v) is 4.19. The highest BCUT2D eigenvalue weighted by atomic mass is 16.2. The maximum absolute atomic E-state index is 12.7. The first-order chi connectivity index (χ1) is 11.7. The smallest absolute Gasteiger partial charge is 0.320 e. The number of carbonyl (C=O) groups excluding carboxylic acids is 1. The van der Waals surface area contributed by atoms with Crippen LogP contribution in [0.1, 0.15) is 11.3 Å². The van der Waals surface area contributed by atoms with Gasteiger partial charge in [0.05, 0.1) is 17.8 Å². The Balaban J connectivity index is 1.62. The fourth-order valence-corrected chi connectivity index (χ4v) is 2.95. The molecule has 1 aliphatic rings. The van der Waals surface area contributed by atoms with Crippen LogP contribution in [0.5, 0.6) is 0 Å². The zero-order valence-electron chi connectivity index (χ0n) is 13.0. The molecule has 0 fully saturated rings. The number of benzene rings is 1. The predicted octanol–water partition coefficient (Wildman–Crippen LogP) is 2.28. The van der Waals surface area contributed by atoms with Gasteiger partial charge in [-0.3, -0.25) is 9.20 Å². The van der Waals surface area contributed by atoms with Gasteiger partial charge in [-0.2, -0.15) is 0 Å². The minimum Gasteiger partial charge on any atom is -0.320 e. The number of carbonyl (C=O) groups is 1. The fraction of sp³-hybridized carbons (Fsp3) is 0.167. The molecule has 0 radical (unpaired) electrons. The monoisotopic (exact) mass is 320 g/mol. The molecule has 6 heteroatoms. The van der Waals surface area contributed by atoms with Crippen molar-refractivity contribution in [2.45, 2.75) is 13.0 Å². The van der Waals surface area contributed by atoms with Crippen LogP contribution in [-0.2, 0) is 13.0 Å². The van der Waals surface area contributed by atoms with Gasteiger partial charge < -0.3 is 10.2 Å². The summed E-state index contributed by atoms with van der Waals surface area (Å²) in [6.07, 6.45) is 2.28. The van der Waals surface area contributed by atoms with Crippen molar-refractivity contribution in [2.75, 3.05) is 11.9 Å². The van der Waals surface area contributed by atoms with Crippen LogP contribution < -0.4 is 10.9 Å². The highest BCUT2D eigenvalue weighted by Crippen LogP contribution is 2.16. The number of para-hydroxylation sites is 1. The lowest BCUT2D eigenvalue weighted by Gasteiger charge is -2.28. The summed E-state index contributed by atoms with van der Waals surface area (Å²) in [6.45, 7) is 0.818. The van der Waals surface area contributed by atoms with Gasteiger partial charge in [-0.15, -0.1) is 0 Å². The number of amides is 2. The van der Waals surface area contributed by atoms with Crippen LogP contribution in [0.25, 0.3) is 5.65 Å². The van der Waals surface area contributed by atoms with Crippen molar-refractivity contribution in [3.63, 3.8) is 0 Å². The fourth-order valence-electron chi connectivity index (χ4n) is 2.95. The normalized spacial score (nSPS) is 13.6. The first-order valence-corrected chi connectivity index (χ1v) is 7.82. The molecular formula is C18H16N4O2. The lowest BCUT2D eigenvalue weighted by Crippen LogP contribution is -2.42. The van der Waals surface area contributed by atoms with E-state index >= 15 is 0 Å². The van der Waals surface area contributed by atoms with Crippen molar-refractivity contribution in [3.05, 3.63) is 76.3 Å². The quantitative estimate of drug-likeness (QED) is 0.748. The Morgan fingerprint density at radius 3 is 2.71 bits per heavy atom. The Bertz CT molecular complexity index is 966. The van der Waals surface area contributed by atoms with Crippen LogP contribution in [0.4, 0.5) is 10.5 Å². The van der Waals surface area contributed by atoms with Crippen LogP contribution >= 0.6 is 0 Å². The van der Waals surface area contributed by atoms with E-state index in [1.54, 1.807) is 17.2 Å². The first-order valence-electron chi connectivity index (χ1n) is 7.82. The van der Waals surface area contributed by atoms with Gasteiger partial charge in [0.25, 0.3) is 5.56 Å². The summed E-state index contributed by atoms with van der Waals surface area (Å²) in [6, 6.07) is 14.6. The van der Waals surface area contributed by atoms with E-state index in [-0.39, 0.29) is 18.1 Å². The summed E-state index contributed by atoms with van der Waals surface area (Å²) in [5.41, 5.74) is 2.65. The summed E-state index contributed by atoms with van der Waals surface area (Å²) in [5, 5.41) is 2.86. The Labute approximate surface area is 138 Å². The lowest BCUT2D eigenvalue weighted by molar-refractivity contribution is 0.205. The summed E-state index contributed by atoms with van der Waals surface area (Å²) >= 11 is 0. The van der Waals surface area contributed by atoms with Gasteiger partial charge in [0.1, 0.15) is 5.65 Å². The number of pyridine rings is 1. The van der Waals surface area contributed by atoms with Crippen molar-refractivity contribution in [2.24, 2.45) is 0 Å². The zero-order valence-corrected chi connectivity index (χ0v) is 13.0. The number of nitrogens with one attached hydrogen (secondary N) is 1. The second-order valence-corrected chi connectivity index (χ2v) is 5.74. The molecule has 0 aliphatic carbocycles. The third-order valence-electron chi connectivity index (χ3n) is 4.19. The first kappa shape index (κ1) is 14.4. The molecule has 0 saturated heterocycles. The van der Waals surface area contributed by atoms with Crippen LogP contribution in [0.2, 0.25) is 0 Å². The summed E-state index contributed by atoms with van der Waals surface area (Å²) in [5.74, 6) is 0. The Morgan fingerprint density at radius 2 is 1.88 bits per heavy atom. The number of urea groups is 1. The highest BCUT2D eigenvalue weighted by molar-refractivity contribution is 5.89. The largest absolute Gasteiger partial charge is 0.322 e. The highest BCUT2D eigenvalue weighted by Gasteiger charge is 2.24. The third kappa shape index (κ3) is 2.52. The molecule has 1 aromatic carbocycles. The van der Waals surface area contributed by atoms with Gasteiger partial charge in [0.15, 0.2) is 0 Å². The average Bonchev–Trinajstić information content (AvgIpc) is 2.62. The van der Waals surface area contributed by atoms with Gasteiger partial charge >= 0.3 is 6.03 Å². The van der Waals surface area contributed by atoms with E-state index in [0.717, 1.165) is 11.4 Å². The molecule has 2 aromatic heterocycles. The zero-order chi connectivity index (χ0) is 16.5.